The Balaban J connectivity index is 1.68. The van der Waals surface area contributed by atoms with E-state index in [-0.39, 0.29) is 11.8 Å². The molecule has 0 aliphatic heterocycles. The van der Waals surface area contributed by atoms with Crippen LogP contribution in [-0.4, -0.2) is 32.1 Å². The number of anilines is 1. The molecule has 0 radical (unpaired) electrons. The zero-order chi connectivity index (χ0) is 21.8. The van der Waals surface area contributed by atoms with Crippen LogP contribution in [0.3, 0.4) is 0 Å². The third-order valence-electron chi connectivity index (χ3n) is 4.56. The Hall–Kier alpha value is -2.86. The van der Waals surface area contributed by atoms with E-state index < -0.39 is 0 Å². The zero-order valence-corrected chi connectivity index (χ0v) is 18.4. The summed E-state index contributed by atoms with van der Waals surface area (Å²) in [6.45, 7) is 8.64. The van der Waals surface area contributed by atoms with Gasteiger partial charge in [0.1, 0.15) is 0 Å². The Bertz CT molecular complexity index is 789. The van der Waals surface area contributed by atoms with Crippen molar-refractivity contribution < 1.29 is 9.53 Å². The maximum atomic E-state index is 11.8. The number of benzene rings is 2. The molecule has 0 aromatic heterocycles. The number of aliphatic imine (C=N–C) groups is 1. The molecule has 2 aromatic rings. The van der Waals surface area contributed by atoms with Gasteiger partial charge in [0, 0.05) is 31.7 Å². The van der Waals surface area contributed by atoms with E-state index in [1.807, 2.05) is 56.3 Å². The number of hydrogen-bond acceptors (Lipinski definition) is 3. The molecule has 0 saturated heterocycles. The highest BCUT2D eigenvalue weighted by molar-refractivity contribution is 5.92. The summed E-state index contributed by atoms with van der Waals surface area (Å²) >= 11 is 0. The first-order valence-electron chi connectivity index (χ1n) is 10.4. The summed E-state index contributed by atoms with van der Waals surface area (Å²) in [5, 5.41) is 9.55. The largest absolute Gasteiger partial charge is 0.376 e. The van der Waals surface area contributed by atoms with Gasteiger partial charge >= 0.3 is 0 Å². The van der Waals surface area contributed by atoms with Crippen LogP contribution in [0.1, 0.15) is 31.9 Å². The Kier molecular flexibility index (Phi) is 9.87. The monoisotopic (exact) mass is 410 g/mol. The summed E-state index contributed by atoms with van der Waals surface area (Å²) in [5.74, 6) is 1.09. The van der Waals surface area contributed by atoms with Gasteiger partial charge in [-0.05, 0) is 29.2 Å². The lowest BCUT2D eigenvalue weighted by atomic mass is 10.1. The molecule has 0 aliphatic carbocycles. The molecule has 2 aromatic carbocycles. The summed E-state index contributed by atoms with van der Waals surface area (Å²) < 4.78 is 5.80. The summed E-state index contributed by atoms with van der Waals surface area (Å²) in [6, 6.07) is 18.0. The first-order valence-corrected chi connectivity index (χ1v) is 10.4. The molecule has 0 heterocycles. The second kappa shape index (κ2) is 12.6. The third kappa shape index (κ3) is 8.66. The number of hydrogen-bond donors (Lipinski definition) is 3. The Morgan fingerprint density at radius 1 is 0.967 bits per heavy atom. The van der Waals surface area contributed by atoms with Crippen molar-refractivity contribution in [3.05, 3.63) is 65.7 Å². The number of nitrogens with one attached hydrogen (secondary N) is 3. The van der Waals surface area contributed by atoms with Gasteiger partial charge in [0.2, 0.25) is 5.91 Å². The maximum Gasteiger partial charge on any atom is 0.226 e. The molecule has 0 fully saturated rings. The van der Waals surface area contributed by atoms with E-state index in [0.29, 0.717) is 25.7 Å². The van der Waals surface area contributed by atoms with Gasteiger partial charge in [0.25, 0.3) is 0 Å². The van der Waals surface area contributed by atoms with Crippen molar-refractivity contribution in [1.29, 1.82) is 0 Å². The third-order valence-corrected chi connectivity index (χ3v) is 4.56. The molecular formula is C24H34N4O2. The van der Waals surface area contributed by atoms with Crippen molar-refractivity contribution in [3.63, 3.8) is 0 Å². The summed E-state index contributed by atoms with van der Waals surface area (Å²) in [7, 11) is 1.76. The van der Waals surface area contributed by atoms with Crippen LogP contribution in [0, 0.1) is 11.8 Å². The van der Waals surface area contributed by atoms with Crippen LogP contribution in [-0.2, 0) is 22.7 Å². The minimum Gasteiger partial charge on any atom is -0.376 e. The average molecular weight is 411 g/mol. The summed E-state index contributed by atoms with van der Waals surface area (Å²) in [5.41, 5.74) is 3.11. The number of ether oxygens (including phenoxy) is 1. The van der Waals surface area contributed by atoms with Crippen molar-refractivity contribution >= 4 is 17.6 Å². The maximum absolute atomic E-state index is 11.8. The Morgan fingerprint density at radius 2 is 1.67 bits per heavy atom. The molecule has 0 saturated carbocycles. The molecule has 1 amide bonds. The van der Waals surface area contributed by atoms with Gasteiger partial charge < -0.3 is 20.7 Å². The molecule has 1 unspecified atom stereocenters. The average Bonchev–Trinajstić information content (AvgIpc) is 2.75. The number of carbonyl (C=O) groups is 1. The molecule has 162 valence electrons. The summed E-state index contributed by atoms with van der Waals surface area (Å²) in [4.78, 5) is 16.0. The second-order valence-corrected chi connectivity index (χ2v) is 7.75. The molecule has 0 aliphatic rings. The van der Waals surface area contributed by atoms with Crippen molar-refractivity contribution in [1.82, 2.24) is 10.6 Å². The van der Waals surface area contributed by atoms with E-state index in [1.54, 1.807) is 7.05 Å². The molecule has 0 spiro atoms. The van der Waals surface area contributed by atoms with E-state index in [9.17, 15) is 4.79 Å². The fourth-order valence-electron chi connectivity index (χ4n) is 2.68. The fraction of sp³-hybridized carbons (Fsp3) is 0.417. The van der Waals surface area contributed by atoms with E-state index in [4.69, 9.17) is 4.74 Å². The molecular weight excluding hydrogens is 376 g/mol. The van der Waals surface area contributed by atoms with Gasteiger partial charge in [-0.25, -0.2) is 0 Å². The Labute approximate surface area is 180 Å². The highest BCUT2D eigenvalue weighted by Crippen LogP contribution is 2.11. The smallest absolute Gasteiger partial charge is 0.226 e. The standard InChI is InChI=1S/C24H34N4O2/c1-18(2)23(29)28-22-12-10-20(11-13-22)15-27-24(25-4)26-14-19(3)16-30-17-21-8-6-5-7-9-21/h5-13,18-19H,14-17H2,1-4H3,(H,28,29)(H2,25,26,27). The minimum absolute atomic E-state index is 0.0207. The van der Waals surface area contributed by atoms with Gasteiger partial charge in [0.05, 0.1) is 13.2 Å². The van der Waals surface area contributed by atoms with Gasteiger partial charge in [-0.3, -0.25) is 9.79 Å². The highest BCUT2D eigenvalue weighted by Gasteiger charge is 2.07. The fourth-order valence-corrected chi connectivity index (χ4v) is 2.68. The number of guanidine groups is 1. The Morgan fingerprint density at radius 3 is 2.30 bits per heavy atom. The second-order valence-electron chi connectivity index (χ2n) is 7.75. The molecule has 6 nitrogen and oxygen atoms in total. The first kappa shape index (κ1) is 23.4. The topological polar surface area (TPSA) is 74.8 Å². The zero-order valence-electron chi connectivity index (χ0n) is 18.4. The lowest BCUT2D eigenvalue weighted by molar-refractivity contribution is -0.118. The molecule has 0 bridgehead atoms. The SMILES string of the molecule is CN=C(NCc1ccc(NC(=O)C(C)C)cc1)NCC(C)COCc1ccccc1. The highest BCUT2D eigenvalue weighted by atomic mass is 16.5. The van der Waals surface area contributed by atoms with E-state index in [2.05, 4.69) is 40.0 Å². The number of nitrogens with zero attached hydrogens (tertiary/aromatic N) is 1. The predicted molar refractivity (Wildman–Crippen MR) is 123 cm³/mol. The molecule has 30 heavy (non-hydrogen) atoms. The summed E-state index contributed by atoms with van der Waals surface area (Å²) in [6.07, 6.45) is 0. The van der Waals surface area contributed by atoms with Crippen LogP contribution in [0.15, 0.2) is 59.6 Å². The lowest BCUT2D eigenvalue weighted by Gasteiger charge is -2.16. The number of carbonyl (C=O) groups excluding carboxylic acids is 1. The van der Waals surface area contributed by atoms with Crippen LogP contribution in [0.2, 0.25) is 0 Å². The number of amides is 1. The minimum atomic E-state index is -0.0353. The van der Waals surface area contributed by atoms with Crippen LogP contribution in [0.4, 0.5) is 5.69 Å². The molecule has 2 rings (SSSR count). The quantitative estimate of drug-likeness (QED) is 0.411. The van der Waals surface area contributed by atoms with E-state index in [1.165, 1.54) is 5.56 Å². The van der Waals surface area contributed by atoms with Crippen molar-refractivity contribution in [2.24, 2.45) is 16.8 Å². The van der Waals surface area contributed by atoms with Gasteiger partial charge in [-0.2, -0.15) is 0 Å². The normalized spacial score (nSPS) is 12.5. The van der Waals surface area contributed by atoms with Gasteiger partial charge in [0.15, 0.2) is 5.96 Å². The molecule has 6 heteroatoms. The number of rotatable bonds is 10. The van der Waals surface area contributed by atoms with E-state index >= 15 is 0 Å². The van der Waals surface area contributed by atoms with Gasteiger partial charge in [-0.1, -0.05) is 63.2 Å². The molecule has 3 N–H and O–H groups in total. The van der Waals surface area contributed by atoms with E-state index in [0.717, 1.165) is 23.8 Å². The van der Waals surface area contributed by atoms with Crippen LogP contribution in [0.5, 0.6) is 0 Å². The van der Waals surface area contributed by atoms with Crippen LogP contribution in [0.25, 0.3) is 0 Å². The van der Waals surface area contributed by atoms with Gasteiger partial charge in [-0.15, -0.1) is 0 Å². The van der Waals surface area contributed by atoms with Crippen LogP contribution < -0.4 is 16.0 Å². The molecule has 1 atom stereocenters. The van der Waals surface area contributed by atoms with Crippen molar-refractivity contribution in [3.8, 4) is 0 Å². The van der Waals surface area contributed by atoms with Crippen molar-refractivity contribution in [2.75, 3.05) is 25.5 Å². The predicted octanol–water partition coefficient (Wildman–Crippen LogP) is 3.80. The lowest BCUT2D eigenvalue weighted by Crippen LogP contribution is -2.39. The van der Waals surface area contributed by atoms with Crippen molar-refractivity contribution in [2.45, 2.75) is 33.9 Å². The van der Waals surface area contributed by atoms with Crippen LogP contribution >= 0.6 is 0 Å². The first-order chi connectivity index (χ1) is 14.5.